The van der Waals surface area contributed by atoms with Gasteiger partial charge in [0.2, 0.25) is 5.91 Å². The number of piperidine rings is 1. The topological polar surface area (TPSA) is 59.6 Å². The first-order valence-electron chi connectivity index (χ1n) is 7.97. The van der Waals surface area contributed by atoms with E-state index in [1.54, 1.807) is 0 Å². The lowest BCUT2D eigenvalue weighted by Crippen LogP contribution is -2.34. The van der Waals surface area contributed by atoms with Crippen LogP contribution in [0.3, 0.4) is 0 Å². The smallest absolute Gasteiger partial charge is 0.224 e. The lowest BCUT2D eigenvalue weighted by atomic mass is 9.85. The zero-order valence-electron chi connectivity index (χ0n) is 14.4. The maximum atomic E-state index is 14.0. The van der Waals surface area contributed by atoms with E-state index in [-0.39, 0.29) is 29.9 Å². The molecule has 1 aromatic carbocycles. The zero-order valence-corrected chi connectivity index (χ0v) is 15.2. The van der Waals surface area contributed by atoms with Gasteiger partial charge in [-0.1, -0.05) is 6.92 Å². The van der Waals surface area contributed by atoms with Crippen LogP contribution in [0.4, 0.5) is 10.1 Å². The SMILES string of the molecule is COc1cc(F)c(NC(=O)CC(C)C2CCCNC2)cc1OC.Cl. The first kappa shape index (κ1) is 20.5. The molecule has 2 unspecified atom stereocenters. The normalized spacial score (nSPS) is 18.2. The highest BCUT2D eigenvalue weighted by atomic mass is 35.5. The molecule has 1 aliphatic rings. The van der Waals surface area contributed by atoms with Crippen LogP contribution >= 0.6 is 12.4 Å². The minimum atomic E-state index is -0.539. The molecule has 1 heterocycles. The van der Waals surface area contributed by atoms with Crippen LogP contribution in [0.2, 0.25) is 0 Å². The maximum Gasteiger partial charge on any atom is 0.224 e. The predicted octanol–water partition coefficient (Wildman–Crippen LogP) is 3.23. The van der Waals surface area contributed by atoms with E-state index < -0.39 is 5.82 Å². The molecular formula is C17H26ClFN2O3. The highest BCUT2D eigenvalue weighted by molar-refractivity contribution is 5.91. The Labute approximate surface area is 148 Å². The summed E-state index contributed by atoms with van der Waals surface area (Å²) in [6.45, 7) is 4.06. The molecule has 2 N–H and O–H groups in total. The number of carbonyl (C=O) groups is 1. The van der Waals surface area contributed by atoms with Crippen molar-refractivity contribution in [2.45, 2.75) is 26.2 Å². The summed E-state index contributed by atoms with van der Waals surface area (Å²) < 4.78 is 24.2. The molecule has 0 spiro atoms. The number of hydrogen-bond donors (Lipinski definition) is 2. The molecular weight excluding hydrogens is 335 g/mol. The van der Waals surface area contributed by atoms with Gasteiger partial charge >= 0.3 is 0 Å². The Bertz CT molecular complexity index is 551. The Hall–Kier alpha value is -1.53. The van der Waals surface area contributed by atoms with E-state index in [0.717, 1.165) is 25.9 Å². The predicted molar refractivity (Wildman–Crippen MR) is 94.8 cm³/mol. The fraction of sp³-hybridized carbons (Fsp3) is 0.588. The lowest BCUT2D eigenvalue weighted by Gasteiger charge is -2.28. The molecule has 2 rings (SSSR count). The van der Waals surface area contributed by atoms with Crippen LogP contribution in [0.25, 0.3) is 0 Å². The number of methoxy groups -OCH3 is 2. The molecule has 5 nitrogen and oxygen atoms in total. The summed E-state index contributed by atoms with van der Waals surface area (Å²) in [7, 11) is 2.91. The van der Waals surface area contributed by atoms with Gasteiger partial charge in [-0.15, -0.1) is 12.4 Å². The van der Waals surface area contributed by atoms with E-state index in [1.807, 2.05) is 0 Å². The van der Waals surface area contributed by atoms with E-state index >= 15 is 0 Å². The first-order chi connectivity index (χ1) is 11.0. The highest BCUT2D eigenvalue weighted by Gasteiger charge is 2.22. The third-order valence-electron chi connectivity index (χ3n) is 4.39. The lowest BCUT2D eigenvalue weighted by molar-refractivity contribution is -0.117. The van der Waals surface area contributed by atoms with Crippen LogP contribution < -0.4 is 20.1 Å². The number of amides is 1. The highest BCUT2D eigenvalue weighted by Crippen LogP contribution is 2.32. The van der Waals surface area contributed by atoms with E-state index in [4.69, 9.17) is 9.47 Å². The minimum absolute atomic E-state index is 0. The molecule has 1 aliphatic heterocycles. The standard InChI is InChI=1S/C17H25FN2O3.ClH/c1-11(12-5-4-6-19-10-12)7-17(21)20-14-9-16(23-3)15(22-2)8-13(14)18;/h8-9,11-12,19H,4-7,10H2,1-3H3,(H,20,21);1H. The molecule has 136 valence electrons. The zero-order chi connectivity index (χ0) is 16.8. The summed E-state index contributed by atoms with van der Waals surface area (Å²) in [4.78, 5) is 12.2. The van der Waals surface area contributed by atoms with Crippen molar-refractivity contribution < 1.29 is 18.7 Å². The number of rotatable bonds is 6. The number of carbonyl (C=O) groups excluding carboxylic acids is 1. The van der Waals surface area contributed by atoms with Crippen LogP contribution in [0.5, 0.6) is 11.5 Å². The fourth-order valence-electron chi connectivity index (χ4n) is 2.97. The van der Waals surface area contributed by atoms with E-state index in [0.29, 0.717) is 23.8 Å². The average Bonchev–Trinajstić information content (AvgIpc) is 2.56. The van der Waals surface area contributed by atoms with Crippen LogP contribution in [0.15, 0.2) is 12.1 Å². The Balaban J connectivity index is 0.00000288. The summed E-state index contributed by atoms with van der Waals surface area (Å²) >= 11 is 0. The van der Waals surface area contributed by atoms with Crippen molar-refractivity contribution in [2.24, 2.45) is 11.8 Å². The van der Waals surface area contributed by atoms with E-state index in [1.165, 1.54) is 26.4 Å². The maximum absolute atomic E-state index is 14.0. The van der Waals surface area contributed by atoms with Crippen molar-refractivity contribution in [3.05, 3.63) is 17.9 Å². The molecule has 2 atom stereocenters. The molecule has 0 aromatic heterocycles. The molecule has 0 aliphatic carbocycles. The molecule has 1 aromatic rings. The Morgan fingerprint density at radius 3 is 2.62 bits per heavy atom. The van der Waals surface area contributed by atoms with Gasteiger partial charge in [-0.05, 0) is 37.8 Å². The molecule has 24 heavy (non-hydrogen) atoms. The molecule has 0 bridgehead atoms. The van der Waals surface area contributed by atoms with Crippen molar-refractivity contribution in [1.29, 1.82) is 0 Å². The third kappa shape index (κ3) is 5.24. The largest absolute Gasteiger partial charge is 0.493 e. The molecule has 0 saturated carbocycles. The average molecular weight is 361 g/mol. The number of hydrogen-bond acceptors (Lipinski definition) is 4. The summed E-state index contributed by atoms with van der Waals surface area (Å²) in [5, 5.41) is 5.99. The number of halogens is 2. The monoisotopic (exact) mass is 360 g/mol. The van der Waals surface area contributed by atoms with Crippen molar-refractivity contribution in [2.75, 3.05) is 32.6 Å². The number of nitrogens with one attached hydrogen (secondary N) is 2. The molecule has 1 amide bonds. The molecule has 1 fully saturated rings. The summed E-state index contributed by atoms with van der Waals surface area (Å²) in [5.74, 6) is 0.700. The van der Waals surface area contributed by atoms with Crippen molar-refractivity contribution >= 4 is 24.0 Å². The van der Waals surface area contributed by atoms with E-state index in [2.05, 4.69) is 17.6 Å². The number of benzene rings is 1. The van der Waals surface area contributed by atoms with Gasteiger partial charge in [-0.2, -0.15) is 0 Å². The van der Waals surface area contributed by atoms with Crippen molar-refractivity contribution in [1.82, 2.24) is 5.32 Å². The van der Waals surface area contributed by atoms with Gasteiger partial charge in [0.1, 0.15) is 0 Å². The van der Waals surface area contributed by atoms with Gasteiger partial charge in [0.15, 0.2) is 17.3 Å². The Kier molecular flexibility index (Phi) is 8.28. The van der Waals surface area contributed by atoms with Gasteiger partial charge in [0, 0.05) is 18.6 Å². The van der Waals surface area contributed by atoms with Crippen molar-refractivity contribution in [3.8, 4) is 11.5 Å². The Morgan fingerprint density at radius 1 is 1.38 bits per heavy atom. The van der Waals surface area contributed by atoms with Crippen LogP contribution in [0.1, 0.15) is 26.2 Å². The van der Waals surface area contributed by atoms with Crippen molar-refractivity contribution in [3.63, 3.8) is 0 Å². The second-order valence-electron chi connectivity index (χ2n) is 6.02. The molecule has 1 saturated heterocycles. The van der Waals surface area contributed by atoms with Gasteiger partial charge < -0.3 is 20.1 Å². The van der Waals surface area contributed by atoms with Gasteiger partial charge in [-0.25, -0.2) is 4.39 Å². The number of anilines is 1. The van der Waals surface area contributed by atoms with Crippen LogP contribution in [-0.4, -0.2) is 33.2 Å². The molecule has 7 heteroatoms. The second kappa shape index (κ2) is 9.69. The van der Waals surface area contributed by atoms with Gasteiger partial charge in [-0.3, -0.25) is 4.79 Å². The quantitative estimate of drug-likeness (QED) is 0.817. The van der Waals surface area contributed by atoms with Crippen LogP contribution in [0, 0.1) is 17.7 Å². The van der Waals surface area contributed by atoms with Gasteiger partial charge in [0.25, 0.3) is 0 Å². The third-order valence-corrected chi connectivity index (χ3v) is 4.39. The Morgan fingerprint density at radius 2 is 2.04 bits per heavy atom. The first-order valence-corrected chi connectivity index (χ1v) is 7.97. The summed E-state index contributed by atoms with van der Waals surface area (Å²) in [5.41, 5.74) is 0.113. The minimum Gasteiger partial charge on any atom is -0.493 e. The van der Waals surface area contributed by atoms with E-state index in [9.17, 15) is 9.18 Å². The molecule has 0 radical (unpaired) electrons. The summed E-state index contributed by atoms with van der Waals surface area (Å²) in [6.07, 6.45) is 2.65. The van der Waals surface area contributed by atoms with Crippen LogP contribution in [-0.2, 0) is 4.79 Å². The summed E-state index contributed by atoms with van der Waals surface area (Å²) in [6, 6.07) is 2.65. The second-order valence-corrected chi connectivity index (χ2v) is 6.02. The fourth-order valence-corrected chi connectivity index (χ4v) is 2.97. The number of ether oxygens (including phenoxy) is 2. The van der Waals surface area contributed by atoms with Gasteiger partial charge in [0.05, 0.1) is 19.9 Å².